The van der Waals surface area contributed by atoms with E-state index in [-0.39, 0.29) is 5.38 Å². The van der Waals surface area contributed by atoms with E-state index in [2.05, 4.69) is 20.8 Å². The van der Waals surface area contributed by atoms with Crippen molar-refractivity contribution in [2.45, 2.75) is 33.1 Å². The molecular formula is C12H17ClO. The van der Waals surface area contributed by atoms with Gasteiger partial charge in [0.15, 0.2) is 0 Å². The van der Waals surface area contributed by atoms with E-state index in [1.54, 1.807) is 7.11 Å². The van der Waals surface area contributed by atoms with Crippen molar-refractivity contribution in [2.75, 3.05) is 7.11 Å². The Labute approximate surface area is 91.0 Å². The zero-order valence-electron chi connectivity index (χ0n) is 9.44. The molecule has 0 saturated heterocycles. The molecule has 0 saturated carbocycles. The minimum Gasteiger partial charge on any atom is -0.496 e. The highest BCUT2D eigenvalue weighted by molar-refractivity contribution is 6.20. The molecule has 1 rings (SSSR count). The Morgan fingerprint density at radius 1 is 1.14 bits per heavy atom. The van der Waals surface area contributed by atoms with Crippen molar-refractivity contribution in [1.82, 2.24) is 0 Å². The van der Waals surface area contributed by atoms with E-state index in [1.807, 2.05) is 13.0 Å². The smallest absolute Gasteiger partial charge is 0.122 e. The van der Waals surface area contributed by atoms with Gasteiger partial charge in [-0.2, -0.15) is 0 Å². The van der Waals surface area contributed by atoms with Crippen molar-refractivity contribution in [3.8, 4) is 5.75 Å². The van der Waals surface area contributed by atoms with Gasteiger partial charge in [0.2, 0.25) is 0 Å². The number of hydrogen-bond donors (Lipinski definition) is 0. The van der Waals surface area contributed by atoms with Gasteiger partial charge in [0, 0.05) is 0 Å². The van der Waals surface area contributed by atoms with Crippen LogP contribution in [0.1, 0.15) is 34.6 Å². The summed E-state index contributed by atoms with van der Waals surface area (Å²) in [7, 11) is 1.69. The largest absolute Gasteiger partial charge is 0.496 e. The molecule has 14 heavy (non-hydrogen) atoms. The van der Waals surface area contributed by atoms with Crippen LogP contribution in [0.15, 0.2) is 6.07 Å². The first-order valence-corrected chi connectivity index (χ1v) is 5.21. The van der Waals surface area contributed by atoms with Crippen molar-refractivity contribution in [3.05, 3.63) is 28.3 Å². The topological polar surface area (TPSA) is 9.23 Å². The summed E-state index contributed by atoms with van der Waals surface area (Å²) in [6.07, 6.45) is 0. The maximum absolute atomic E-state index is 6.11. The van der Waals surface area contributed by atoms with Crippen LogP contribution in [0.5, 0.6) is 5.75 Å². The van der Waals surface area contributed by atoms with Crippen LogP contribution < -0.4 is 4.74 Å². The van der Waals surface area contributed by atoms with Crippen molar-refractivity contribution >= 4 is 11.6 Å². The van der Waals surface area contributed by atoms with Gasteiger partial charge in [-0.05, 0) is 56.0 Å². The van der Waals surface area contributed by atoms with Crippen molar-refractivity contribution in [1.29, 1.82) is 0 Å². The summed E-state index contributed by atoms with van der Waals surface area (Å²) in [5, 5.41) is 0.0307. The molecule has 1 aromatic rings. The van der Waals surface area contributed by atoms with Crippen LogP contribution in [0, 0.1) is 20.8 Å². The molecule has 1 unspecified atom stereocenters. The fraction of sp³-hybridized carbons (Fsp3) is 0.500. The summed E-state index contributed by atoms with van der Waals surface area (Å²) in [6.45, 7) is 8.27. The van der Waals surface area contributed by atoms with Crippen molar-refractivity contribution in [2.24, 2.45) is 0 Å². The molecular weight excluding hydrogens is 196 g/mol. The number of methoxy groups -OCH3 is 1. The number of rotatable bonds is 2. The standard InChI is InChI=1S/C12H17ClO/c1-7-8(2)11(10(4)13)6-12(14-5)9(7)3/h6,10H,1-5H3. The van der Waals surface area contributed by atoms with E-state index in [4.69, 9.17) is 16.3 Å². The fourth-order valence-electron chi connectivity index (χ4n) is 1.67. The summed E-state index contributed by atoms with van der Waals surface area (Å²) in [5.41, 5.74) is 4.90. The minimum atomic E-state index is 0.0307. The molecule has 0 amide bonds. The maximum Gasteiger partial charge on any atom is 0.122 e. The van der Waals surface area contributed by atoms with Gasteiger partial charge in [-0.1, -0.05) is 0 Å². The lowest BCUT2D eigenvalue weighted by Gasteiger charge is -2.16. The van der Waals surface area contributed by atoms with Crippen LogP contribution >= 0.6 is 11.6 Å². The van der Waals surface area contributed by atoms with E-state index >= 15 is 0 Å². The predicted molar refractivity (Wildman–Crippen MR) is 61.5 cm³/mol. The zero-order valence-corrected chi connectivity index (χ0v) is 10.2. The Hall–Kier alpha value is -0.690. The SMILES string of the molecule is COc1cc(C(C)Cl)c(C)c(C)c1C. The first kappa shape index (κ1) is 11.4. The second-order valence-corrected chi connectivity index (χ2v) is 4.31. The van der Waals surface area contributed by atoms with Gasteiger partial charge in [-0.3, -0.25) is 0 Å². The molecule has 78 valence electrons. The molecule has 2 heteroatoms. The number of alkyl halides is 1. The van der Waals surface area contributed by atoms with Crippen LogP contribution in [0.25, 0.3) is 0 Å². The Kier molecular flexibility index (Phi) is 3.43. The lowest BCUT2D eigenvalue weighted by Crippen LogP contribution is -1.99. The van der Waals surface area contributed by atoms with Crippen LogP contribution in [-0.4, -0.2) is 7.11 Å². The van der Waals surface area contributed by atoms with E-state index < -0.39 is 0 Å². The van der Waals surface area contributed by atoms with Gasteiger partial charge in [0.05, 0.1) is 12.5 Å². The number of hydrogen-bond acceptors (Lipinski definition) is 1. The second-order valence-electron chi connectivity index (χ2n) is 3.66. The van der Waals surface area contributed by atoms with Crippen molar-refractivity contribution < 1.29 is 4.74 Å². The van der Waals surface area contributed by atoms with Crippen LogP contribution in [0.3, 0.4) is 0 Å². The molecule has 0 aliphatic heterocycles. The average molecular weight is 213 g/mol. The van der Waals surface area contributed by atoms with Gasteiger partial charge in [-0.15, -0.1) is 11.6 Å². The maximum atomic E-state index is 6.11. The quantitative estimate of drug-likeness (QED) is 0.676. The molecule has 0 fully saturated rings. The van der Waals surface area contributed by atoms with Gasteiger partial charge >= 0.3 is 0 Å². The summed E-state index contributed by atoms with van der Waals surface area (Å²) in [5.74, 6) is 0.926. The summed E-state index contributed by atoms with van der Waals surface area (Å²) < 4.78 is 5.31. The summed E-state index contributed by atoms with van der Waals surface area (Å²) in [6, 6.07) is 2.04. The minimum absolute atomic E-state index is 0.0307. The predicted octanol–water partition coefficient (Wildman–Crippen LogP) is 3.92. The first-order valence-electron chi connectivity index (χ1n) is 4.77. The third-order valence-electron chi connectivity index (χ3n) is 2.86. The summed E-state index contributed by atoms with van der Waals surface area (Å²) >= 11 is 6.11. The third kappa shape index (κ3) is 1.88. The molecule has 0 heterocycles. The van der Waals surface area contributed by atoms with Crippen LogP contribution in [0.2, 0.25) is 0 Å². The highest BCUT2D eigenvalue weighted by Crippen LogP contribution is 2.32. The highest BCUT2D eigenvalue weighted by Gasteiger charge is 2.12. The number of benzene rings is 1. The Balaban J connectivity index is 3.40. The summed E-state index contributed by atoms with van der Waals surface area (Å²) in [4.78, 5) is 0. The molecule has 0 bridgehead atoms. The third-order valence-corrected chi connectivity index (χ3v) is 3.10. The number of halogens is 1. The second kappa shape index (κ2) is 4.22. The molecule has 0 aliphatic rings. The average Bonchev–Trinajstić information content (AvgIpc) is 2.14. The van der Waals surface area contributed by atoms with Gasteiger partial charge < -0.3 is 4.74 Å². The van der Waals surface area contributed by atoms with E-state index in [9.17, 15) is 0 Å². The molecule has 0 aliphatic carbocycles. The van der Waals surface area contributed by atoms with E-state index in [0.717, 1.165) is 11.3 Å². The Morgan fingerprint density at radius 2 is 1.71 bits per heavy atom. The van der Waals surface area contributed by atoms with E-state index in [1.165, 1.54) is 16.7 Å². The normalized spacial score (nSPS) is 12.7. The highest BCUT2D eigenvalue weighted by atomic mass is 35.5. The van der Waals surface area contributed by atoms with Gasteiger partial charge in [0.1, 0.15) is 5.75 Å². The number of ether oxygens (including phenoxy) is 1. The molecule has 1 atom stereocenters. The fourth-order valence-corrected chi connectivity index (χ4v) is 1.89. The monoisotopic (exact) mass is 212 g/mol. The molecule has 1 aromatic carbocycles. The molecule has 0 radical (unpaired) electrons. The van der Waals surface area contributed by atoms with Crippen LogP contribution in [0.4, 0.5) is 0 Å². The van der Waals surface area contributed by atoms with Gasteiger partial charge in [0.25, 0.3) is 0 Å². The van der Waals surface area contributed by atoms with Crippen molar-refractivity contribution in [3.63, 3.8) is 0 Å². The lowest BCUT2D eigenvalue weighted by atomic mass is 9.96. The zero-order chi connectivity index (χ0) is 10.9. The molecule has 0 N–H and O–H groups in total. The van der Waals surface area contributed by atoms with Gasteiger partial charge in [-0.25, -0.2) is 0 Å². The lowest BCUT2D eigenvalue weighted by molar-refractivity contribution is 0.410. The molecule has 1 nitrogen and oxygen atoms in total. The Morgan fingerprint density at radius 3 is 2.14 bits per heavy atom. The Bertz CT molecular complexity index is 343. The first-order chi connectivity index (χ1) is 6.49. The molecule has 0 aromatic heterocycles. The molecule has 0 spiro atoms. The van der Waals surface area contributed by atoms with E-state index in [0.29, 0.717) is 0 Å². The van der Waals surface area contributed by atoms with Crippen LogP contribution in [-0.2, 0) is 0 Å².